The molecule has 21 heavy (non-hydrogen) atoms. The Balaban J connectivity index is 2.42. The van der Waals surface area contributed by atoms with Crippen molar-refractivity contribution in [1.29, 1.82) is 0 Å². The zero-order valence-corrected chi connectivity index (χ0v) is 13.2. The zero-order chi connectivity index (χ0) is 15.8. The summed E-state index contributed by atoms with van der Waals surface area (Å²) in [5.41, 5.74) is 0.829. The Kier molecular flexibility index (Phi) is 7.15. The van der Waals surface area contributed by atoms with Gasteiger partial charge >= 0.3 is 0 Å². The molecular weight excluding hydrogens is 271 g/mol. The van der Waals surface area contributed by atoms with Crippen molar-refractivity contribution in [2.75, 3.05) is 13.7 Å². The van der Waals surface area contributed by atoms with Gasteiger partial charge in [-0.15, -0.1) is 0 Å². The molecule has 2 N–H and O–H groups in total. The van der Waals surface area contributed by atoms with Crippen molar-refractivity contribution in [2.45, 2.75) is 45.7 Å². The zero-order valence-electron chi connectivity index (χ0n) is 13.2. The maximum atomic E-state index is 13.6. The second-order valence-electron chi connectivity index (χ2n) is 5.20. The molecular formula is C16H25FN2O2. The highest BCUT2D eigenvalue weighted by molar-refractivity contribution is 5.76. The first-order valence-corrected chi connectivity index (χ1v) is 7.34. The van der Waals surface area contributed by atoms with Gasteiger partial charge in [0, 0.05) is 25.0 Å². The Bertz CT molecular complexity index is 466. The van der Waals surface area contributed by atoms with Gasteiger partial charge in [-0.2, -0.15) is 0 Å². The second-order valence-corrected chi connectivity index (χ2v) is 5.20. The van der Waals surface area contributed by atoms with Gasteiger partial charge in [0.05, 0.1) is 7.11 Å². The molecule has 1 aromatic carbocycles. The summed E-state index contributed by atoms with van der Waals surface area (Å²) in [5, 5.41) is 6.13. The average molecular weight is 296 g/mol. The summed E-state index contributed by atoms with van der Waals surface area (Å²) >= 11 is 0. The first-order valence-electron chi connectivity index (χ1n) is 7.34. The van der Waals surface area contributed by atoms with Crippen LogP contribution in [0.25, 0.3) is 0 Å². The summed E-state index contributed by atoms with van der Waals surface area (Å²) < 4.78 is 18.5. The summed E-state index contributed by atoms with van der Waals surface area (Å²) in [6, 6.07) is 5.06. The topological polar surface area (TPSA) is 50.4 Å². The molecule has 0 aliphatic heterocycles. The number of hydrogen-bond donors (Lipinski definition) is 2. The standard InChI is InChI=1S/C16H25FN2O2/c1-5-11(2)19-16(20)8-9-18-12(3)13-6-7-15(21-4)14(17)10-13/h6-7,10-12,18H,5,8-9H2,1-4H3,(H,19,20). The Morgan fingerprint density at radius 2 is 2.10 bits per heavy atom. The molecule has 2 unspecified atom stereocenters. The lowest BCUT2D eigenvalue weighted by Crippen LogP contribution is -2.34. The van der Waals surface area contributed by atoms with E-state index in [2.05, 4.69) is 10.6 Å². The first-order chi connectivity index (χ1) is 9.97. The van der Waals surface area contributed by atoms with Crippen molar-refractivity contribution in [1.82, 2.24) is 10.6 Å². The molecule has 0 aliphatic rings. The predicted molar refractivity (Wildman–Crippen MR) is 81.9 cm³/mol. The molecule has 0 spiro atoms. The lowest BCUT2D eigenvalue weighted by molar-refractivity contribution is -0.121. The van der Waals surface area contributed by atoms with Crippen molar-refractivity contribution in [3.63, 3.8) is 0 Å². The van der Waals surface area contributed by atoms with Crippen molar-refractivity contribution in [3.8, 4) is 5.75 Å². The third-order valence-corrected chi connectivity index (χ3v) is 3.50. The SMILES string of the molecule is CCC(C)NC(=O)CCNC(C)c1ccc(OC)c(F)c1. The van der Waals surface area contributed by atoms with E-state index < -0.39 is 0 Å². The largest absolute Gasteiger partial charge is 0.494 e. The number of hydrogen-bond acceptors (Lipinski definition) is 3. The van der Waals surface area contributed by atoms with Crippen LogP contribution in [-0.2, 0) is 4.79 Å². The highest BCUT2D eigenvalue weighted by atomic mass is 19.1. The van der Waals surface area contributed by atoms with E-state index in [-0.39, 0.29) is 29.6 Å². The number of rotatable bonds is 8. The number of nitrogens with one attached hydrogen (secondary N) is 2. The first kappa shape index (κ1) is 17.4. The van der Waals surface area contributed by atoms with Crippen LogP contribution in [0.15, 0.2) is 18.2 Å². The van der Waals surface area contributed by atoms with Crippen molar-refractivity contribution in [2.24, 2.45) is 0 Å². The molecule has 0 heterocycles. The van der Waals surface area contributed by atoms with Crippen LogP contribution in [0.1, 0.15) is 45.2 Å². The maximum Gasteiger partial charge on any atom is 0.221 e. The average Bonchev–Trinajstić information content (AvgIpc) is 2.46. The van der Waals surface area contributed by atoms with Crippen LogP contribution < -0.4 is 15.4 Å². The summed E-state index contributed by atoms with van der Waals surface area (Å²) in [6.45, 7) is 6.50. The molecule has 2 atom stereocenters. The highest BCUT2D eigenvalue weighted by Gasteiger charge is 2.10. The maximum absolute atomic E-state index is 13.6. The lowest BCUT2D eigenvalue weighted by atomic mass is 10.1. The molecule has 1 aromatic rings. The number of methoxy groups -OCH3 is 1. The molecule has 1 rings (SSSR count). The number of ether oxygens (including phenoxy) is 1. The van der Waals surface area contributed by atoms with Gasteiger partial charge in [0.1, 0.15) is 0 Å². The van der Waals surface area contributed by atoms with Crippen LogP contribution >= 0.6 is 0 Å². The van der Waals surface area contributed by atoms with Gasteiger partial charge in [-0.3, -0.25) is 4.79 Å². The van der Waals surface area contributed by atoms with Crippen LogP contribution in [0.3, 0.4) is 0 Å². The van der Waals surface area contributed by atoms with Crippen molar-refractivity contribution in [3.05, 3.63) is 29.6 Å². The number of benzene rings is 1. The van der Waals surface area contributed by atoms with E-state index in [0.29, 0.717) is 13.0 Å². The van der Waals surface area contributed by atoms with E-state index in [1.54, 1.807) is 6.07 Å². The fourth-order valence-corrected chi connectivity index (χ4v) is 1.92. The molecule has 0 saturated heterocycles. The minimum absolute atomic E-state index is 0.0261. The minimum atomic E-state index is -0.377. The molecule has 0 saturated carbocycles. The van der Waals surface area contributed by atoms with Crippen LogP contribution in [0, 0.1) is 5.82 Å². The fraction of sp³-hybridized carbons (Fsp3) is 0.562. The van der Waals surface area contributed by atoms with E-state index in [4.69, 9.17) is 4.74 Å². The highest BCUT2D eigenvalue weighted by Crippen LogP contribution is 2.21. The van der Waals surface area contributed by atoms with Gasteiger partial charge in [-0.25, -0.2) is 4.39 Å². The lowest BCUT2D eigenvalue weighted by Gasteiger charge is -2.16. The number of amides is 1. The molecule has 1 amide bonds. The van der Waals surface area contributed by atoms with E-state index in [1.807, 2.05) is 26.8 Å². The summed E-state index contributed by atoms with van der Waals surface area (Å²) in [7, 11) is 1.44. The van der Waals surface area contributed by atoms with Crippen LogP contribution in [0.2, 0.25) is 0 Å². The van der Waals surface area contributed by atoms with E-state index in [9.17, 15) is 9.18 Å². The van der Waals surface area contributed by atoms with Gasteiger partial charge < -0.3 is 15.4 Å². The van der Waals surface area contributed by atoms with Gasteiger partial charge in [0.15, 0.2) is 11.6 Å². The fourth-order valence-electron chi connectivity index (χ4n) is 1.92. The van der Waals surface area contributed by atoms with Crippen molar-refractivity contribution < 1.29 is 13.9 Å². The Hall–Kier alpha value is -1.62. The van der Waals surface area contributed by atoms with Gasteiger partial charge in [-0.05, 0) is 38.0 Å². The Morgan fingerprint density at radius 1 is 1.38 bits per heavy atom. The molecule has 0 radical (unpaired) electrons. The van der Waals surface area contributed by atoms with Crippen LogP contribution in [0.4, 0.5) is 4.39 Å². The quantitative estimate of drug-likeness (QED) is 0.775. The van der Waals surface area contributed by atoms with Crippen LogP contribution in [-0.4, -0.2) is 25.6 Å². The molecule has 0 aromatic heterocycles. The summed E-state index contributed by atoms with van der Waals surface area (Å²) in [5.74, 6) is -0.109. The predicted octanol–water partition coefficient (Wildman–Crippen LogP) is 2.79. The molecule has 118 valence electrons. The number of halogens is 1. The minimum Gasteiger partial charge on any atom is -0.494 e. The van der Waals surface area contributed by atoms with Gasteiger partial charge in [-0.1, -0.05) is 13.0 Å². The molecule has 0 aliphatic carbocycles. The monoisotopic (exact) mass is 296 g/mol. The summed E-state index contributed by atoms with van der Waals surface area (Å²) in [6.07, 6.45) is 1.33. The van der Waals surface area contributed by atoms with E-state index >= 15 is 0 Å². The van der Waals surface area contributed by atoms with Crippen LogP contribution in [0.5, 0.6) is 5.75 Å². The number of carbonyl (C=O) groups is 1. The second kappa shape index (κ2) is 8.62. The number of carbonyl (C=O) groups excluding carboxylic acids is 1. The van der Waals surface area contributed by atoms with Crippen molar-refractivity contribution >= 4 is 5.91 Å². The summed E-state index contributed by atoms with van der Waals surface area (Å²) in [4.78, 5) is 11.6. The normalized spacial score (nSPS) is 13.6. The molecule has 4 nitrogen and oxygen atoms in total. The smallest absolute Gasteiger partial charge is 0.221 e. The Labute approximate surface area is 126 Å². The molecule has 0 fully saturated rings. The van der Waals surface area contributed by atoms with E-state index in [1.165, 1.54) is 13.2 Å². The van der Waals surface area contributed by atoms with Gasteiger partial charge in [0.2, 0.25) is 5.91 Å². The third kappa shape index (κ3) is 5.71. The molecule has 5 heteroatoms. The van der Waals surface area contributed by atoms with Gasteiger partial charge in [0.25, 0.3) is 0 Å². The Morgan fingerprint density at radius 3 is 2.67 bits per heavy atom. The molecule has 0 bridgehead atoms. The third-order valence-electron chi connectivity index (χ3n) is 3.50. The van der Waals surface area contributed by atoms with E-state index in [0.717, 1.165) is 12.0 Å².